The summed E-state index contributed by atoms with van der Waals surface area (Å²) in [5, 5.41) is 3.44. The van der Waals surface area contributed by atoms with Crippen LogP contribution in [0.2, 0.25) is 0 Å². The van der Waals surface area contributed by atoms with Gasteiger partial charge in [0.15, 0.2) is 5.79 Å². The van der Waals surface area contributed by atoms with Gasteiger partial charge in [0, 0.05) is 13.1 Å². The quantitative estimate of drug-likeness (QED) is 0.726. The maximum Gasteiger partial charge on any atom is 0.164 e. The number of nitrogens with one attached hydrogen (secondary N) is 1. The standard InChI is InChI=1S/C13H26N2O2/c1-10(2,3)13-9-15-7-6-12(13,8-14)16-11(4,5)17-13/h15H,6-9,14H2,1-5H3. The van der Waals surface area contributed by atoms with E-state index in [0.717, 1.165) is 19.5 Å². The number of nitrogens with two attached hydrogens (primary N) is 1. The lowest BCUT2D eigenvalue weighted by Gasteiger charge is -2.53. The zero-order valence-electron chi connectivity index (χ0n) is 11.7. The number of ether oxygens (including phenoxy) is 2. The Morgan fingerprint density at radius 3 is 2.35 bits per heavy atom. The summed E-state index contributed by atoms with van der Waals surface area (Å²) in [5.74, 6) is -0.557. The van der Waals surface area contributed by atoms with Gasteiger partial charge >= 0.3 is 0 Å². The molecule has 4 nitrogen and oxygen atoms in total. The molecule has 0 aliphatic carbocycles. The van der Waals surface area contributed by atoms with Crippen molar-refractivity contribution in [3.8, 4) is 0 Å². The van der Waals surface area contributed by atoms with Gasteiger partial charge in [0.2, 0.25) is 0 Å². The first-order chi connectivity index (χ1) is 7.68. The Morgan fingerprint density at radius 2 is 1.88 bits per heavy atom. The van der Waals surface area contributed by atoms with Crippen LogP contribution in [0.1, 0.15) is 41.0 Å². The summed E-state index contributed by atoms with van der Waals surface area (Å²) >= 11 is 0. The second-order valence-corrected chi connectivity index (χ2v) is 6.81. The molecule has 17 heavy (non-hydrogen) atoms. The summed E-state index contributed by atoms with van der Waals surface area (Å²) < 4.78 is 12.6. The lowest BCUT2D eigenvalue weighted by Crippen LogP contribution is -2.70. The highest BCUT2D eigenvalue weighted by Crippen LogP contribution is 2.54. The van der Waals surface area contributed by atoms with E-state index < -0.39 is 5.79 Å². The molecule has 2 unspecified atom stereocenters. The van der Waals surface area contributed by atoms with E-state index in [9.17, 15) is 0 Å². The topological polar surface area (TPSA) is 56.5 Å². The van der Waals surface area contributed by atoms with Gasteiger partial charge in [0.1, 0.15) is 11.2 Å². The van der Waals surface area contributed by atoms with E-state index in [2.05, 4.69) is 26.1 Å². The Morgan fingerprint density at radius 1 is 1.24 bits per heavy atom. The number of piperidine rings is 1. The number of fused-ring (bicyclic) bond motifs is 1. The van der Waals surface area contributed by atoms with Crippen molar-refractivity contribution in [3.63, 3.8) is 0 Å². The fraction of sp³-hybridized carbons (Fsp3) is 1.00. The van der Waals surface area contributed by atoms with Crippen molar-refractivity contribution >= 4 is 0 Å². The largest absolute Gasteiger partial charge is 0.340 e. The predicted octanol–water partition coefficient (Wildman–Crippen LogP) is 1.24. The van der Waals surface area contributed by atoms with Gasteiger partial charge in [-0.1, -0.05) is 20.8 Å². The van der Waals surface area contributed by atoms with Crippen molar-refractivity contribution in [3.05, 3.63) is 0 Å². The third kappa shape index (κ3) is 1.73. The lowest BCUT2D eigenvalue weighted by molar-refractivity contribution is -0.182. The molecule has 2 fully saturated rings. The fourth-order valence-electron chi connectivity index (χ4n) is 3.50. The number of rotatable bonds is 1. The van der Waals surface area contributed by atoms with Crippen LogP contribution in [-0.2, 0) is 9.47 Å². The molecule has 0 aromatic heterocycles. The molecular formula is C13H26N2O2. The van der Waals surface area contributed by atoms with E-state index >= 15 is 0 Å². The van der Waals surface area contributed by atoms with Crippen LogP contribution in [0.5, 0.6) is 0 Å². The van der Waals surface area contributed by atoms with Gasteiger partial charge in [0.05, 0.1) is 0 Å². The lowest BCUT2D eigenvalue weighted by atomic mass is 9.63. The van der Waals surface area contributed by atoms with E-state index in [1.807, 2.05) is 13.8 Å². The molecule has 0 saturated carbocycles. The van der Waals surface area contributed by atoms with Crippen LogP contribution in [0, 0.1) is 5.41 Å². The Kier molecular flexibility index (Phi) is 2.86. The minimum atomic E-state index is -0.557. The summed E-state index contributed by atoms with van der Waals surface area (Å²) in [5.41, 5.74) is 5.32. The molecule has 0 bridgehead atoms. The molecule has 2 aliphatic heterocycles. The summed E-state index contributed by atoms with van der Waals surface area (Å²) in [6.45, 7) is 12.8. The third-order valence-corrected chi connectivity index (χ3v) is 4.22. The number of hydrogen-bond acceptors (Lipinski definition) is 4. The third-order valence-electron chi connectivity index (χ3n) is 4.22. The Hall–Kier alpha value is -0.160. The van der Waals surface area contributed by atoms with Crippen molar-refractivity contribution in [2.75, 3.05) is 19.6 Å². The van der Waals surface area contributed by atoms with Crippen LogP contribution in [0.25, 0.3) is 0 Å². The van der Waals surface area contributed by atoms with Crippen molar-refractivity contribution < 1.29 is 9.47 Å². The Bertz CT molecular complexity index is 311. The van der Waals surface area contributed by atoms with Crippen molar-refractivity contribution in [1.29, 1.82) is 0 Å². The van der Waals surface area contributed by atoms with E-state index in [0.29, 0.717) is 6.54 Å². The predicted molar refractivity (Wildman–Crippen MR) is 67.7 cm³/mol. The highest BCUT2D eigenvalue weighted by molar-refractivity contribution is 5.17. The van der Waals surface area contributed by atoms with Gasteiger partial charge in [-0.3, -0.25) is 0 Å². The normalized spacial score (nSPS) is 41.3. The smallest absolute Gasteiger partial charge is 0.164 e. The molecule has 2 rings (SSSR count). The molecule has 0 radical (unpaired) electrons. The van der Waals surface area contributed by atoms with E-state index in [4.69, 9.17) is 15.2 Å². The molecule has 2 atom stereocenters. The van der Waals surface area contributed by atoms with Crippen molar-refractivity contribution in [2.24, 2.45) is 11.1 Å². The highest BCUT2D eigenvalue weighted by Gasteiger charge is 2.68. The summed E-state index contributed by atoms with van der Waals surface area (Å²) in [4.78, 5) is 0. The molecule has 100 valence electrons. The number of hydrogen-bond donors (Lipinski definition) is 2. The molecule has 0 spiro atoms. The highest BCUT2D eigenvalue weighted by atomic mass is 16.8. The van der Waals surface area contributed by atoms with E-state index in [-0.39, 0.29) is 16.6 Å². The van der Waals surface area contributed by atoms with Crippen LogP contribution in [0.15, 0.2) is 0 Å². The minimum absolute atomic E-state index is 0.0203. The van der Waals surface area contributed by atoms with Crippen LogP contribution in [0.4, 0.5) is 0 Å². The SMILES string of the molecule is CC1(C)OC2(CN)CCNCC2(C(C)(C)C)O1. The first kappa shape index (κ1) is 13.3. The molecule has 2 saturated heterocycles. The van der Waals surface area contributed by atoms with Crippen LogP contribution in [0.3, 0.4) is 0 Å². The van der Waals surface area contributed by atoms with E-state index in [1.54, 1.807) is 0 Å². The maximum absolute atomic E-state index is 6.33. The monoisotopic (exact) mass is 242 g/mol. The summed E-state index contributed by atoms with van der Waals surface area (Å²) in [6.07, 6.45) is 0.907. The van der Waals surface area contributed by atoms with Gasteiger partial charge in [-0.2, -0.15) is 0 Å². The molecule has 2 aliphatic rings. The summed E-state index contributed by atoms with van der Waals surface area (Å²) in [7, 11) is 0. The molecule has 2 heterocycles. The second kappa shape index (κ2) is 3.67. The average Bonchev–Trinajstić information content (AvgIpc) is 2.44. The maximum atomic E-state index is 6.33. The van der Waals surface area contributed by atoms with Crippen LogP contribution >= 0.6 is 0 Å². The molecule has 0 aromatic carbocycles. The fourth-order valence-corrected chi connectivity index (χ4v) is 3.50. The van der Waals surface area contributed by atoms with Gasteiger partial charge < -0.3 is 20.5 Å². The molecule has 4 heteroatoms. The van der Waals surface area contributed by atoms with Crippen LogP contribution in [-0.4, -0.2) is 36.6 Å². The first-order valence-corrected chi connectivity index (χ1v) is 6.49. The second-order valence-electron chi connectivity index (χ2n) is 6.81. The molecule has 3 N–H and O–H groups in total. The van der Waals surface area contributed by atoms with Gasteiger partial charge in [0.25, 0.3) is 0 Å². The van der Waals surface area contributed by atoms with Crippen LogP contribution < -0.4 is 11.1 Å². The average molecular weight is 242 g/mol. The zero-order chi connectivity index (χ0) is 12.9. The Labute approximate surface area is 104 Å². The summed E-state index contributed by atoms with van der Waals surface area (Å²) in [6, 6.07) is 0. The molecule has 0 amide bonds. The Balaban J connectivity index is 2.50. The van der Waals surface area contributed by atoms with E-state index in [1.165, 1.54) is 0 Å². The van der Waals surface area contributed by atoms with Gasteiger partial charge in [-0.25, -0.2) is 0 Å². The molecular weight excluding hydrogens is 216 g/mol. The first-order valence-electron chi connectivity index (χ1n) is 6.49. The minimum Gasteiger partial charge on any atom is -0.340 e. The van der Waals surface area contributed by atoms with Crippen molar-refractivity contribution in [1.82, 2.24) is 5.32 Å². The van der Waals surface area contributed by atoms with Crippen molar-refractivity contribution in [2.45, 2.75) is 58.0 Å². The van der Waals surface area contributed by atoms with Gasteiger partial charge in [-0.15, -0.1) is 0 Å². The molecule has 0 aromatic rings. The van der Waals surface area contributed by atoms with Gasteiger partial charge in [-0.05, 0) is 32.2 Å². The zero-order valence-corrected chi connectivity index (χ0v) is 11.7.